The molecule has 6 heteroatoms. The minimum Gasteiger partial charge on any atom is -0.358 e. The smallest absolute Gasteiger partial charge is 0.242 e. The number of hydrogen-bond donors (Lipinski definition) is 2. The van der Waals surface area contributed by atoms with E-state index in [4.69, 9.17) is 11.6 Å². The lowest BCUT2D eigenvalue weighted by Gasteiger charge is -2.24. The Morgan fingerprint density at radius 3 is 2.79 bits per heavy atom. The van der Waals surface area contributed by atoms with Crippen LogP contribution in [-0.2, 0) is 4.79 Å². The standard InChI is InChI=1S/C13H19ClN4O/c1-7(2)11-17-10(14)8(3)12(18-11)16-9-5-4-6-15-13(9)19/h7,9H,4-6H2,1-3H3,(H,15,19)(H,16,17,18). The van der Waals surface area contributed by atoms with Gasteiger partial charge in [-0.05, 0) is 19.8 Å². The Balaban J connectivity index is 2.25. The van der Waals surface area contributed by atoms with Crippen molar-refractivity contribution < 1.29 is 4.79 Å². The first kappa shape index (κ1) is 14.1. The van der Waals surface area contributed by atoms with Gasteiger partial charge in [0.1, 0.15) is 22.8 Å². The zero-order valence-electron chi connectivity index (χ0n) is 11.5. The Bertz CT molecular complexity index is 490. The summed E-state index contributed by atoms with van der Waals surface area (Å²) in [5.74, 6) is 1.56. The summed E-state index contributed by atoms with van der Waals surface area (Å²) in [5, 5.41) is 6.48. The van der Waals surface area contributed by atoms with E-state index in [1.165, 1.54) is 0 Å². The van der Waals surface area contributed by atoms with Gasteiger partial charge in [0.05, 0.1) is 0 Å². The zero-order valence-corrected chi connectivity index (χ0v) is 12.2. The molecule has 1 aliphatic rings. The molecule has 1 amide bonds. The molecule has 0 radical (unpaired) electrons. The lowest BCUT2D eigenvalue weighted by atomic mass is 10.1. The summed E-state index contributed by atoms with van der Waals surface area (Å²) in [6, 6.07) is -0.238. The predicted molar refractivity (Wildman–Crippen MR) is 75.5 cm³/mol. The molecular formula is C13H19ClN4O. The normalized spacial score (nSPS) is 19.4. The summed E-state index contributed by atoms with van der Waals surface area (Å²) in [5.41, 5.74) is 0.782. The Kier molecular flexibility index (Phi) is 4.24. The van der Waals surface area contributed by atoms with Crippen LogP contribution in [0.1, 0.15) is 44.0 Å². The van der Waals surface area contributed by atoms with E-state index in [1.807, 2.05) is 20.8 Å². The van der Waals surface area contributed by atoms with E-state index in [9.17, 15) is 4.79 Å². The van der Waals surface area contributed by atoms with Gasteiger partial charge in [0, 0.05) is 18.0 Å². The van der Waals surface area contributed by atoms with Crippen LogP contribution in [0.5, 0.6) is 0 Å². The molecule has 0 aromatic carbocycles. The molecule has 2 rings (SSSR count). The number of amides is 1. The van der Waals surface area contributed by atoms with Crippen molar-refractivity contribution in [3.8, 4) is 0 Å². The molecule has 1 atom stereocenters. The van der Waals surface area contributed by atoms with Crippen LogP contribution in [0.25, 0.3) is 0 Å². The Morgan fingerprint density at radius 2 is 2.16 bits per heavy atom. The molecule has 1 unspecified atom stereocenters. The maximum absolute atomic E-state index is 11.8. The van der Waals surface area contributed by atoms with Gasteiger partial charge in [-0.2, -0.15) is 0 Å². The molecule has 0 aliphatic carbocycles. The monoisotopic (exact) mass is 282 g/mol. The Labute approximate surface area is 118 Å². The summed E-state index contributed by atoms with van der Waals surface area (Å²) < 4.78 is 0. The molecule has 1 fully saturated rings. The summed E-state index contributed by atoms with van der Waals surface area (Å²) in [6.45, 7) is 6.63. The van der Waals surface area contributed by atoms with Crippen LogP contribution in [0.4, 0.5) is 5.82 Å². The third kappa shape index (κ3) is 3.15. The molecule has 5 nitrogen and oxygen atoms in total. The molecule has 0 bridgehead atoms. The Hall–Kier alpha value is -1.36. The first-order chi connectivity index (χ1) is 8.99. The van der Waals surface area contributed by atoms with Gasteiger partial charge in [-0.3, -0.25) is 4.79 Å². The summed E-state index contributed by atoms with van der Waals surface area (Å²) >= 11 is 6.13. The number of hydrogen-bond acceptors (Lipinski definition) is 4. The van der Waals surface area contributed by atoms with Crippen molar-refractivity contribution in [2.45, 2.75) is 45.6 Å². The van der Waals surface area contributed by atoms with Gasteiger partial charge in [-0.25, -0.2) is 9.97 Å². The zero-order chi connectivity index (χ0) is 14.0. The van der Waals surface area contributed by atoms with Gasteiger partial charge in [-0.1, -0.05) is 25.4 Å². The highest BCUT2D eigenvalue weighted by Gasteiger charge is 2.23. The molecular weight excluding hydrogens is 264 g/mol. The molecule has 2 heterocycles. The van der Waals surface area contributed by atoms with Gasteiger partial charge < -0.3 is 10.6 Å². The second-order valence-corrected chi connectivity index (χ2v) is 5.49. The van der Waals surface area contributed by atoms with Gasteiger partial charge >= 0.3 is 0 Å². The minimum atomic E-state index is -0.238. The van der Waals surface area contributed by atoms with E-state index in [0.29, 0.717) is 16.8 Å². The quantitative estimate of drug-likeness (QED) is 0.835. The second kappa shape index (κ2) is 5.74. The van der Waals surface area contributed by atoms with Crippen LogP contribution in [0, 0.1) is 6.92 Å². The predicted octanol–water partition coefficient (Wildman–Crippen LogP) is 2.25. The molecule has 19 heavy (non-hydrogen) atoms. The molecule has 2 N–H and O–H groups in total. The maximum atomic E-state index is 11.8. The summed E-state index contributed by atoms with van der Waals surface area (Å²) in [4.78, 5) is 20.5. The molecule has 0 spiro atoms. The average molecular weight is 283 g/mol. The number of rotatable bonds is 3. The van der Waals surface area contributed by atoms with Crippen molar-refractivity contribution >= 4 is 23.3 Å². The molecule has 1 saturated heterocycles. The third-order valence-corrected chi connectivity index (χ3v) is 3.58. The Morgan fingerprint density at radius 1 is 1.42 bits per heavy atom. The third-order valence-electron chi connectivity index (χ3n) is 3.22. The largest absolute Gasteiger partial charge is 0.358 e. The van der Waals surface area contributed by atoms with Gasteiger partial charge in [-0.15, -0.1) is 0 Å². The van der Waals surface area contributed by atoms with Crippen molar-refractivity contribution in [2.24, 2.45) is 0 Å². The van der Waals surface area contributed by atoms with Crippen LogP contribution in [0.2, 0.25) is 5.15 Å². The molecule has 0 saturated carbocycles. The van der Waals surface area contributed by atoms with Gasteiger partial charge in [0.2, 0.25) is 5.91 Å². The van der Waals surface area contributed by atoms with E-state index in [2.05, 4.69) is 20.6 Å². The lowest BCUT2D eigenvalue weighted by Crippen LogP contribution is -2.44. The SMILES string of the molecule is Cc1c(Cl)nc(C(C)C)nc1NC1CCCNC1=O. The van der Waals surface area contributed by atoms with Crippen LogP contribution >= 0.6 is 11.6 Å². The number of aromatic nitrogens is 2. The van der Waals surface area contributed by atoms with E-state index in [0.717, 1.165) is 24.9 Å². The molecule has 104 valence electrons. The highest BCUT2D eigenvalue weighted by atomic mass is 35.5. The molecule has 1 aromatic rings. The lowest BCUT2D eigenvalue weighted by molar-refractivity contribution is -0.123. The van der Waals surface area contributed by atoms with Crippen LogP contribution in [0.3, 0.4) is 0 Å². The average Bonchev–Trinajstić information content (AvgIpc) is 2.37. The first-order valence-electron chi connectivity index (χ1n) is 6.57. The number of carbonyl (C=O) groups excluding carboxylic acids is 1. The van der Waals surface area contributed by atoms with E-state index in [-0.39, 0.29) is 17.9 Å². The van der Waals surface area contributed by atoms with Crippen molar-refractivity contribution in [3.05, 3.63) is 16.5 Å². The number of anilines is 1. The van der Waals surface area contributed by atoms with Crippen molar-refractivity contribution in [3.63, 3.8) is 0 Å². The molecule has 1 aliphatic heterocycles. The fourth-order valence-corrected chi connectivity index (χ4v) is 2.16. The van der Waals surface area contributed by atoms with E-state index >= 15 is 0 Å². The summed E-state index contributed by atoms with van der Waals surface area (Å²) in [6.07, 6.45) is 1.78. The number of nitrogens with zero attached hydrogens (tertiary/aromatic N) is 2. The first-order valence-corrected chi connectivity index (χ1v) is 6.95. The van der Waals surface area contributed by atoms with Crippen molar-refractivity contribution in [2.75, 3.05) is 11.9 Å². The molecule has 1 aromatic heterocycles. The van der Waals surface area contributed by atoms with Gasteiger partial charge in [0.15, 0.2) is 0 Å². The van der Waals surface area contributed by atoms with Crippen LogP contribution < -0.4 is 10.6 Å². The fourth-order valence-electron chi connectivity index (χ4n) is 1.98. The van der Waals surface area contributed by atoms with Gasteiger partial charge in [0.25, 0.3) is 0 Å². The number of halogens is 1. The number of nitrogens with one attached hydrogen (secondary N) is 2. The number of piperidine rings is 1. The van der Waals surface area contributed by atoms with E-state index < -0.39 is 0 Å². The highest BCUT2D eigenvalue weighted by Crippen LogP contribution is 2.24. The maximum Gasteiger partial charge on any atom is 0.242 e. The topological polar surface area (TPSA) is 66.9 Å². The van der Waals surface area contributed by atoms with Crippen molar-refractivity contribution in [1.82, 2.24) is 15.3 Å². The van der Waals surface area contributed by atoms with Crippen LogP contribution in [0.15, 0.2) is 0 Å². The summed E-state index contributed by atoms with van der Waals surface area (Å²) in [7, 11) is 0. The van der Waals surface area contributed by atoms with Crippen LogP contribution in [-0.4, -0.2) is 28.5 Å². The number of carbonyl (C=O) groups is 1. The minimum absolute atomic E-state index is 0.0199. The fraction of sp³-hybridized carbons (Fsp3) is 0.615. The second-order valence-electron chi connectivity index (χ2n) is 5.13. The van der Waals surface area contributed by atoms with E-state index in [1.54, 1.807) is 0 Å². The van der Waals surface area contributed by atoms with Crippen molar-refractivity contribution in [1.29, 1.82) is 0 Å². The highest BCUT2D eigenvalue weighted by molar-refractivity contribution is 6.30.